The Kier molecular flexibility index (Phi) is 3.96. The number of hydrogen-bond donors (Lipinski definition) is 0. The lowest BCUT2D eigenvalue weighted by Gasteiger charge is -2.33. The topological polar surface area (TPSA) is 55.2 Å². The lowest BCUT2D eigenvalue weighted by molar-refractivity contribution is -0.132. The number of para-hydroxylation sites is 1. The quantitative estimate of drug-likeness (QED) is 0.847. The zero-order valence-corrected chi connectivity index (χ0v) is 12.7. The monoisotopic (exact) mass is 303 g/mol. The van der Waals surface area contributed by atoms with Crippen LogP contribution in [0.5, 0.6) is 0 Å². The Morgan fingerprint density at radius 1 is 1.43 bits per heavy atom. The number of fused-ring (bicyclic) bond motifs is 1. The van der Waals surface area contributed by atoms with Gasteiger partial charge in [0.2, 0.25) is 11.3 Å². The lowest BCUT2D eigenvalue weighted by Crippen LogP contribution is -2.42. The first-order chi connectivity index (χ1) is 10.2. The van der Waals surface area contributed by atoms with E-state index in [0.29, 0.717) is 10.9 Å². The van der Waals surface area contributed by atoms with Crippen LogP contribution >= 0.6 is 11.8 Å². The van der Waals surface area contributed by atoms with Crippen LogP contribution in [-0.2, 0) is 11.3 Å². The standard InChI is InChI=1S/C15H17N3O2S/c1-11-17(7-4-8-21-11)15(20)10-18-13-6-3-2-5-12(13)14(19)9-16-18/h2-3,5-6,9,11H,4,7-8,10H2,1H3. The first-order valence-corrected chi connectivity index (χ1v) is 8.07. The fourth-order valence-electron chi connectivity index (χ4n) is 2.59. The van der Waals surface area contributed by atoms with E-state index in [1.165, 1.54) is 6.20 Å². The molecule has 1 saturated heterocycles. The molecular formula is C15H17N3O2S. The fraction of sp³-hybridized carbons (Fsp3) is 0.400. The number of rotatable bonds is 2. The Morgan fingerprint density at radius 2 is 2.24 bits per heavy atom. The van der Waals surface area contributed by atoms with Crippen molar-refractivity contribution in [2.75, 3.05) is 12.3 Å². The number of benzene rings is 1. The second kappa shape index (κ2) is 5.89. The molecule has 1 aliphatic heterocycles. The van der Waals surface area contributed by atoms with Crippen molar-refractivity contribution in [3.8, 4) is 0 Å². The van der Waals surface area contributed by atoms with E-state index in [0.717, 1.165) is 18.7 Å². The maximum Gasteiger partial charge on any atom is 0.245 e. The molecule has 5 nitrogen and oxygen atoms in total. The van der Waals surface area contributed by atoms with Crippen molar-refractivity contribution in [3.05, 3.63) is 40.7 Å². The van der Waals surface area contributed by atoms with Crippen molar-refractivity contribution in [2.45, 2.75) is 25.3 Å². The molecule has 0 radical (unpaired) electrons. The molecular weight excluding hydrogens is 286 g/mol. The summed E-state index contributed by atoms with van der Waals surface area (Å²) in [6.45, 7) is 3.02. The summed E-state index contributed by atoms with van der Waals surface area (Å²) in [6, 6.07) is 7.26. The minimum Gasteiger partial charge on any atom is -0.329 e. The summed E-state index contributed by atoms with van der Waals surface area (Å²) in [5.41, 5.74) is 0.590. The van der Waals surface area contributed by atoms with Gasteiger partial charge in [0.25, 0.3) is 0 Å². The Bertz CT molecular complexity index is 728. The maximum absolute atomic E-state index is 12.5. The van der Waals surface area contributed by atoms with Gasteiger partial charge in [-0.3, -0.25) is 14.3 Å². The molecule has 6 heteroatoms. The van der Waals surface area contributed by atoms with Crippen LogP contribution < -0.4 is 5.43 Å². The van der Waals surface area contributed by atoms with Crippen molar-refractivity contribution in [1.29, 1.82) is 0 Å². The van der Waals surface area contributed by atoms with Crippen LogP contribution in [0.15, 0.2) is 35.3 Å². The van der Waals surface area contributed by atoms with E-state index in [-0.39, 0.29) is 23.3 Å². The third-order valence-corrected chi connectivity index (χ3v) is 4.97. The highest BCUT2D eigenvalue weighted by molar-refractivity contribution is 7.99. The van der Waals surface area contributed by atoms with E-state index in [4.69, 9.17) is 0 Å². The molecule has 0 bridgehead atoms. The van der Waals surface area contributed by atoms with E-state index < -0.39 is 0 Å². The Hall–Kier alpha value is -1.82. The number of carbonyl (C=O) groups is 1. The van der Waals surface area contributed by atoms with Gasteiger partial charge in [0, 0.05) is 11.9 Å². The van der Waals surface area contributed by atoms with Gasteiger partial charge in [0.1, 0.15) is 6.54 Å². The number of hydrogen-bond acceptors (Lipinski definition) is 4. The van der Waals surface area contributed by atoms with Gasteiger partial charge < -0.3 is 4.90 Å². The van der Waals surface area contributed by atoms with Crippen molar-refractivity contribution < 1.29 is 4.79 Å². The predicted octanol–water partition coefficient (Wildman–Crippen LogP) is 1.71. The molecule has 0 aliphatic carbocycles. The average Bonchev–Trinajstić information content (AvgIpc) is 2.51. The Morgan fingerprint density at radius 3 is 3.05 bits per heavy atom. The van der Waals surface area contributed by atoms with E-state index in [1.807, 2.05) is 23.1 Å². The summed E-state index contributed by atoms with van der Waals surface area (Å²) in [7, 11) is 0. The maximum atomic E-state index is 12.5. The summed E-state index contributed by atoms with van der Waals surface area (Å²) in [5, 5.41) is 4.92. The molecule has 1 aliphatic rings. The molecule has 1 fully saturated rings. The first-order valence-electron chi connectivity index (χ1n) is 7.03. The molecule has 1 unspecified atom stereocenters. The largest absolute Gasteiger partial charge is 0.329 e. The van der Waals surface area contributed by atoms with Crippen molar-refractivity contribution in [1.82, 2.24) is 14.7 Å². The molecule has 0 saturated carbocycles. The molecule has 21 heavy (non-hydrogen) atoms. The van der Waals surface area contributed by atoms with Gasteiger partial charge >= 0.3 is 0 Å². The molecule has 2 heterocycles. The smallest absolute Gasteiger partial charge is 0.245 e. The minimum atomic E-state index is -0.115. The summed E-state index contributed by atoms with van der Waals surface area (Å²) >= 11 is 1.80. The van der Waals surface area contributed by atoms with E-state index in [9.17, 15) is 9.59 Å². The fourth-order valence-corrected chi connectivity index (χ4v) is 3.63. The minimum absolute atomic E-state index is 0.0519. The Labute approximate surface area is 126 Å². The molecule has 1 amide bonds. The van der Waals surface area contributed by atoms with Gasteiger partial charge in [-0.2, -0.15) is 5.10 Å². The molecule has 1 aromatic heterocycles. The zero-order valence-electron chi connectivity index (χ0n) is 11.9. The highest BCUT2D eigenvalue weighted by atomic mass is 32.2. The third kappa shape index (κ3) is 2.81. The predicted molar refractivity (Wildman–Crippen MR) is 84.3 cm³/mol. The van der Waals surface area contributed by atoms with Crippen LogP contribution in [-0.4, -0.2) is 38.3 Å². The molecule has 0 N–H and O–H groups in total. The van der Waals surface area contributed by atoms with Crippen molar-refractivity contribution in [2.24, 2.45) is 0 Å². The second-order valence-corrected chi connectivity index (χ2v) is 6.52. The number of nitrogens with zero attached hydrogens (tertiary/aromatic N) is 3. The van der Waals surface area contributed by atoms with Gasteiger partial charge in [-0.05, 0) is 31.2 Å². The summed E-state index contributed by atoms with van der Waals surface area (Å²) in [5.74, 6) is 1.15. The number of carbonyl (C=O) groups excluding carboxylic acids is 1. The SMILES string of the molecule is CC1SCCCN1C(=O)Cn1ncc(=O)c2ccccc21. The molecule has 1 atom stereocenters. The van der Waals surface area contributed by atoms with Crippen LogP contribution in [0.4, 0.5) is 0 Å². The van der Waals surface area contributed by atoms with Gasteiger partial charge in [-0.1, -0.05) is 12.1 Å². The van der Waals surface area contributed by atoms with Gasteiger partial charge in [-0.25, -0.2) is 0 Å². The average molecular weight is 303 g/mol. The third-order valence-electron chi connectivity index (χ3n) is 3.71. The number of thioether (sulfide) groups is 1. The molecule has 0 spiro atoms. The molecule has 1 aromatic carbocycles. The summed E-state index contributed by atoms with van der Waals surface area (Å²) in [4.78, 5) is 26.2. The molecule has 110 valence electrons. The summed E-state index contributed by atoms with van der Waals surface area (Å²) < 4.78 is 1.62. The van der Waals surface area contributed by atoms with E-state index >= 15 is 0 Å². The highest BCUT2D eigenvalue weighted by Crippen LogP contribution is 2.22. The number of aromatic nitrogens is 2. The van der Waals surface area contributed by atoms with Crippen LogP contribution in [0, 0.1) is 0 Å². The van der Waals surface area contributed by atoms with Gasteiger partial charge in [-0.15, -0.1) is 11.8 Å². The van der Waals surface area contributed by atoms with Crippen LogP contribution in [0.3, 0.4) is 0 Å². The lowest BCUT2D eigenvalue weighted by atomic mass is 10.2. The number of amides is 1. The van der Waals surface area contributed by atoms with Crippen molar-refractivity contribution >= 4 is 28.6 Å². The highest BCUT2D eigenvalue weighted by Gasteiger charge is 2.24. The van der Waals surface area contributed by atoms with Gasteiger partial charge in [0.05, 0.1) is 17.1 Å². The second-order valence-electron chi connectivity index (χ2n) is 5.09. The van der Waals surface area contributed by atoms with Crippen LogP contribution in [0.2, 0.25) is 0 Å². The zero-order chi connectivity index (χ0) is 14.8. The normalized spacial score (nSPS) is 18.9. The van der Waals surface area contributed by atoms with E-state index in [2.05, 4.69) is 12.0 Å². The van der Waals surface area contributed by atoms with Gasteiger partial charge in [0.15, 0.2) is 0 Å². The molecule has 3 rings (SSSR count). The Balaban J connectivity index is 1.90. The van der Waals surface area contributed by atoms with Crippen molar-refractivity contribution in [3.63, 3.8) is 0 Å². The first kappa shape index (κ1) is 14.1. The van der Waals surface area contributed by atoms with Crippen LogP contribution in [0.25, 0.3) is 10.9 Å². The van der Waals surface area contributed by atoms with E-state index in [1.54, 1.807) is 22.5 Å². The molecule has 2 aromatic rings. The van der Waals surface area contributed by atoms with Crippen LogP contribution in [0.1, 0.15) is 13.3 Å². The summed E-state index contributed by atoms with van der Waals surface area (Å²) in [6.07, 6.45) is 2.31.